The lowest BCUT2D eigenvalue weighted by atomic mass is 10.1. The van der Waals surface area contributed by atoms with Gasteiger partial charge >= 0.3 is 5.69 Å². The van der Waals surface area contributed by atoms with Gasteiger partial charge in [-0.1, -0.05) is 0 Å². The van der Waals surface area contributed by atoms with Gasteiger partial charge in [0.15, 0.2) is 17.7 Å². The molecule has 0 aromatic carbocycles. The van der Waals surface area contributed by atoms with Gasteiger partial charge in [-0.15, -0.1) is 0 Å². The topological polar surface area (TPSA) is 138 Å². The van der Waals surface area contributed by atoms with E-state index in [1.165, 1.54) is 6.33 Å². The number of ether oxygens (including phenoxy) is 1. The molecule has 10 nitrogen and oxygen atoms in total. The van der Waals surface area contributed by atoms with Gasteiger partial charge in [-0.05, 0) is 12.1 Å². The Morgan fingerprint density at radius 1 is 1.21 bits per heavy atom. The monoisotopic (exact) mass is 333 g/mol. The molecular weight excluding hydrogens is 318 g/mol. The Kier molecular flexibility index (Phi) is 3.46. The van der Waals surface area contributed by atoms with Crippen molar-refractivity contribution in [1.82, 2.24) is 24.1 Å². The van der Waals surface area contributed by atoms with Crippen molar-refractivity contribution >= 4 is 11.2 Å². The van der Waals surface area contributed by atoms with Gasteiger partial charge in [0.1, 0.15) is 30.2 Å². The van der Waals surface area contributed by atoms with Crippen LogP contribution < -0.4 is 5.69 Å². The van der Waals surface area contributed by atoms with Gasteiger partial charge in [0.05, 0.1) is 6.61 Å². The number of H-pyrrole nitrogens is 1. The quantitative estimate of drug-likeness (QED) is 0.458. The minimum atomic E-state index is -1.37. The summed E-state index contributed by atoms with van der Waals surface area (Å²) < 4.78 is 8.25. The second-order valence-electron chi connectivity index (χ2n) is 5.52. The largest absolute Gasteiger partial charge is 0.394 e. The molecule has 3 aromatic rings. The molecule has 0 amide bonds. The highest BCUT2D eigenvalue weighted by molar-refractivity contribution is 5.78. The molecule has 10 heteroatoms. The first-order chi connectivity index (χ1) is 11.6. The van der Waals surface area contributed by atoms with Gasteiger partial charge < -0.3 is 29.6 Å². The summed E-state index contributed by atoms with van der Waals surface area (Å²) in [5.74, 6) is 0.465. The van der Waals surface area contributed by atoms with E-state index in [0.29, 0.717) is 11.3 Å². The van der Waals surface area contributed by atoms with Crippen molar-refractivity contribution in [3.63, 3.8) is 0 Å². The molecule has 0 saturated carbocycles. The third-order valence-electron chi connectivity index (χ3n) is 4.11. The number of aliphatic hydroxyl groups is 3. The molecule has 0 aliphatic carbocycles. The zero-order chi connectivity index (χ0) is 16.8. The molecule has 1 unspecified atom stereocenters. The van der Waals surface area contributed by atoms with E-state index in [4.69, 9.17) is 4.74 Å². The summed E-state index contributed by atoms with van der Waals surface area (Å²) in [6.07, 6.45) is 0.0149. The average molecular weight is 333 g/mol. The molecular formula is C14H15N5O5. The number of rotatable bonds is 3. The first kappa shape index (κ1) is 15.0. The number of aromatic amines is 1. The molecule has 1 fully saturated rings. The van der Waals surface area contributed by atoms with Crippen LogP contribution >= 0.6 is 0 Å². The zero-order valence-corrected chi connectivity index (χ0v) is 12.4. The SMILES string of the molecule is O=c1[nH]c2c(-n3cccc3)ncnc2n1C1O[C@H](CO)[C@@H](O)[C@H]1O. The molecule has 1 saturated heterocycles. The van der Waals surface area contributed by atoms with Gasteiger partial charge in [-0.25, -0.2) is 19.3 Å². The molecule has 126 valence electrons. The highest BCUT2D eigenvalue weighted by Crippen LogP contribution is 2.30. The van der Waals surface area contributed by atoms with E-state index >= 15 is 0 Å². The van der Waals surface area contributed by atoms with Crippen LogP contribution in [-0.4, -0.2) is 64.3 Å². The smallest absolute Gasteiger partial charge is 0.330 e. The average Bonchev–Trinajstić information content (AvgIpc) is 3.27. The number of aromatic nitrogens is 5. The fourth-order valence-electron chi connectivity index (χ4n) is 2.93. The van der Waals surface area contributed by atoms with E-state index in [1.807, 2.05) is 12.1 Å². The third-order valence-corrected chi connectivity index (χ3v) is 4.11. The van der Waals surface area contributed by atoms with Gasteiger partial charge in [-0.3, -0.25) is 0 Å². The van der Waals surface area contributed by atoms with Gasteiger partial charge in [0, 0.05) is 12.4 Å². The summed E-state index contributed by atoms with van der Waals surface area (Å²) in [5, 5.41) is 29.3. The van der Waals surface area contributed by atoms with Crippen molar-refractivity contribution in [2.24, 2.45) is 0 Å². The third kappa shape index (κ3) is 2.08. The fourth-order valence-corrected chi connectivity index (χ4v) is 2.93. The van der Waals surface area contributed by atoms with E-state index in [-0.39, 0.29) is 5.65 Å². The van der Waals surface area contributed by atoms with E-state index in [9.17, 15) is 20.1 Å². The predicted molar refractivity (Wildman–Crippen MR) is 80.5 cm³/mol. The van der Waals surface area contributed by atoms with Crippen LogP contribution in [-0.2, 0) is 4.74 Å². The lowest BCUT2D eigenvalue weighted by Crippen LogP contribution is -2.34. The number of hydrogen-bond donors (Lipinski definition) is 4. The number of nitrogens with zero attached hydrogens (tertiary/aromatic N) is 4. The van der Waals surface area contributed by atoms with Crippen LogP contribution in [0.15, 0.2) is 35.6 Å². The molecule has 1 aliphatic rings. The van der Waals surface area contributed by atoms with E-state index in [1.54, 1.807) is 17.0 Å². The summed E-state index contributed by atoms with van der Waals surface area (Å²) in [5.41, 5.74) is 0.0405. The summed E-state index contributed by atoms with van der Waals surface area (Å²) in [6.45, 7) is -0.477. The van der Waals surface area contributed by atoms with Crippen molar-refractivity contribution in [3.8, 4) is 5.82 Å². The number of nitrogens with one attached hydrogen (secondary N) is 1. The van der Waals surface area contributed by atoms with Crippen molar-refractivity contribution in [3.05, 3.63) is 41.3 Å². The second kappa shape index (κ2) is 5.53. The minimum absolute atomic E-state index is 0.230. The Labute approximate surface area is 134 Å². The lowest BCUT2D eigenvalue weighted by molar-refractivity contribution is -0.0524. The number of fused-ring (bicyclic) bond motifs is 1. The first-order valence-electron chi connectivity index (χ1n) is 7.33. The van der Waals surface area contributed by atoms with E-state index in [2.05, 4.69) is 15.0 Å². The standard InChI is InChI=1S/C14H15N5O5/c20-5-7-9(21)10(22)13(24-7)19-12-8(17-14(19)23)11(15-6-16-12)18-3-1-2-4-18/h1-4,6-7,9-10,13,20-22H,5H2,(H,17,23)/t7-,9-,10-,13?/m1/s1. The molecule has 0 bridgehead atoms. The van der Waals surface area contributed by atoms with Gasteiger partial charge in [0.25, 0.3) is 0 Å². The number of imidazole rings is 1. The van der Waals surface area contributed by atoms with Crippen molar-refractivity contribution in [2.45, 2.75) is 24.5 Å². The van der Waals surface area contributed by atoms with Crippen LogP contribution in [0.3, 0.4) is 0 Å². The number of hydrogen-bond acceptors (Lipinski definition) is 7. The molecule has 0 spiro atoms. The highest BCUT2D eigenvalue weighted by atomic mass is 16.6. The van der Waals surface area contributed by atoms with Gasteiger partial charge in [0.2, 0.25) is 0 Å². The molecule has 4 N–H and O–H groups in total. The van der Waals surface area contributed by atoms with Crippen molar-refractivity contribution in [2.75, 3.05) is 6.61 Å². The molecule has 4 atom stereocenters. The molecule has 1 aliphatic heterocycles. The Hall–Kier alpha value is -2.53. The molecule has 24 heavy (non-hydrogen) atoms. The first-order valence-corrected chi connectivity index (χ1v) is 7.33. The lowest BCUT2D eigenvalue weighted by Gasteiger charge is -2.15. The maximum Gasteiger partial charge on any atom is 0.330 e. The highest BCUT2D eigenvalue weighted by Gasteiger charge is 2.44. The summed E-state index contributed by atoms with van der Waals surface area (Å²) in [4.78, 5) is 23.3. The maximum absolute atomic E-state index is 12.4. The summed E-state index contributed by atoms with van der Waals surface area (Å²) in [6, 6.07) is 3.63. The summed E-state index contributed by atoms with van der Waals surface area (Å²) in [7, 11) is 0. The fraction of sp³-hybridized carbons (Fsp3) is 0.357. The van der Waals surface area contributed by atoms with Crippen LogP contribution in [0.25, 0.3) is 17.0 Å². The molecule has 0 radical (unpaired) electrons. The predicted octanol–water partition coefficient (Wildman–Crippen LogP) is -1.48. The molecule has 3 aromatic heterocycles. The van der Waals surface area contributed by atoms with Gasteiger partial charge in [-0.2, -0.15) is 0 Å². The Bertz CT molecular complexity index is 917. The van der Waals surface area contributed by atoms with Crippen molar-refractivity contribution in [1.29, 1.82) is 0 Å². The van der Waals surface area contributed by atoms with E-state index < -0.39 is 36.8 Å². The van der Waals surface area contributed by atoms with E-state index in [0.717, 1.165) is 4.57 Å². The van der Waals surface area contributed by atoms with Crippen molar-refractivity contribution < 1.29 is 20.1 Å². The molecule has 4 heterocycles. The zero-order valence-electron chi connectivity index (χ0n) is 12.4. The maximum atomic E-state index is 12.4. The minimum Gasteiger partial charge on any atom is -0.394 e. The van der Waals surface area contributed by atoms with Crippen LogP contribution in [0.1, 0.15) is 6.23 Å². The second-order valence-corrected chi connectivity index (χ2v) is 5.52. The Morgan fingerprint density at radius 2 is 1.96 bits per heavy atom. The Morgan fingerprint density at radius 3 is 2.62 bits per heavy atom. The van der Waals surface area contributed by atoms with Crippen LogP contribution in [0, 0.1) is 0 Å². The van der Waals surface area contributed by atoms with Crippen LogP contribution in [0.4, 0.5) is 0 Å². The normalized spacial score (nSPS) is 27.1. The Balaban J connectivity index is 1.88. The number of aliphatic hydroxyl groups excluding tert-OH is 3. The van der Waals surface area contributed by atoms with Crippen LogP contribution in [0.2, 0.25) is 0 Å². The van der Waals surface area contributed by atoms with Crippen LogP contribution in [0.5, 0.6) is 0 Å². The summed E-state index contributed by atoms with van der Waals surface area (Å²) >= 11 is 0. The molecule has 4 rings (SSSR count).